The first-order valence-electron chi connectivity index (χ1n) is 4.77. The summed E-state index contributed by atoms with van der Waals surface area (Å²) in [6.45, 7) is 1.93. The molecule has 14 heavy (non-hydrogen) atoms. The van der Waals surface area contributed by atoms with E-state index in [9.17, 15) is 4.79 Å². The van der Waals surface area contributed by atoms with Gasteiger partial charge in [0.1, 0.15) is 0 Å². The van der Waals surface area contributed by atoms with Crippen LogP contribution >= 0.6 is 0 Å². The molecular weight excluding hydrogens is 178 g/mol. The van der Waals surface area contributed by atoms with Gasteiger partial charge in [-0.15, -0.1) is 0 Å². The summed E-state index contributed by atoms with van der Waals surface area (Å²) in [5.41, 5.74) is 2.40. The highest BCUT2D eigenvalue weighted by molar-refractivity contribution is 5.88. The van der Waals surface area contributed by atoms with Gasteiger partial charge in [-0.05, 0) is 43.5 Å². The zero-order valence-corrected chi connectivity index (χ0v) is 8.08. The monoisotopic (exact) mass is 191 g/mol. The second-order valence-corrected chi connectivity index (χ2v) is 3.75. The second-order valence-electron chi connectivity index (χ2n) is 3.75. The van der Waals surface area contributed by atoms with Crippen molar-refractivity contribution < 1.29 is 9.90 Å². The first-order valence-corrected chi connectivity index (χ1v) is 4.77. The normalized spacial score (nSPS) is 15.2. The number of rotatable bonds is 3. The van der Waals surface area contributed by atoms with Crippen LogP contribution in [0.2, 0.25) is 0 Å². The number of hydrogen-bond donors (Lipinski definition) is 2. The summed E-state index contributed by atoms with van der Waals surface area (Å²) in [7, 11) is 0. The van der Waals surface area contributed by atoms with Crippen LogP contribution in [0.25, 0.3) is 0 Å². The Kier molecular flexibility index (Phi) is 2.15. The molecule has 0 heterocycles. The molecule has 2 rings (SSSR count). The van der Waals surface area contributed by atoms with E-state index in [4.69, 9.17) is 5.11 Å². The first kappa shape index (κ1) is 9.06. The summed E-state index contributed by atoms with van der Waals surface area (Å²) in [4.78, 5) is 10.7. The highest BCUT2D eigenvalue weighted by Gasteiger charge is 2.21. The predicted octanol–water partition coefficient (Wildman–Crippen LogP) is 2.27. The van der Waals surface area contributed by atoms with E-state index < -0.39 is 5.97 Å². The molecule has 0 spiro atoms. The molecular formula is C11H13NO2. The van der Waals surface area contributed by atoms with Gasteiger partial charge in [0.2, 0.25) is 0 Å². The van der Waals surface area contributed by atoms with Crippen LogP contribution in [0.3, 0.4) is 0 Å². The molecule has 0 unspecified atom stereocenters. The lowest BCUT2D eigenvalue weighted by Gasteiger charge is -2.08. The molecule has 1 aliphatic rings. The highest BCUT2D eigenvalue weighted by atomic mass is 16.4. The molecule has 1 fully saturated rings. The number of carboxylic acid groups (broad SMARTS) is 1. The molecule has 0 atom stereocenters. The second kappa shape index (κ2) is 3.33. The van der Waals surface area contributed by atoms with E-state index >= 15 is 0 Å². The average Bonchev–Trinajstić information content (AvgIpc) is 2.92. The third-order valence-corrected chi connectivity index (χ3v) is 2.41. The first-order chi connectivity index (χ1) is 6.66. The van der Waals surface area contributed by atoms with Gasteiger partial charge in [0.05, 0.1) is 5.56 Å². The Morgan fingerprint density at radius 1 is 1.50 bits per heavy atom. The van der Waals surface area contributed by atoms with Crippen molar-refractivity contribution in [1.29, 1.82) is 0 Å². The zero-order valence-electron chi connectivity index (χ0n) is 8.08. The fraction of sp³-hybridized carbons (Fsp3) is 0.364. The maximum absolute atomic E-state index is 10.7. The van der Waals surface area contributed by atoms with Crippen LogP contribution in [-0.2, 0) is 0 Å². The lowest BCUT2D eigenvalue weighted by molar-refractivity contribution is 0.0697. The number of benzene rings is 1. The topological polar surface area (TPSA) is 49.3 Å². The number of anilines is 1. The van der Waals surface area contributed by atoms with Crippen LogP contribution in [-0.4, -0.2) is 17.1 Å². The average molecular weight is 191 g/mol. The van der Waals surface area contributed by atoms with Gasteiger partial charge in [0.15, 0.2) is 0 Å². The maximum Gasteiger partial charge on any atom is 0.335 e. The van der Waals surface area contributed by atoms with E-state index in [2.05, 4.69) is 5.32 Å². The predicted molar refractivity (Wildman–Crippen MR) is 54.8 cm³/mol. The largest absolute Gasteiger partial charge is 0.478 e. The molecule has 0 aliphatic heterocycles. The molecule has 0 saturated heterocycles. The van der Waals surface area contributed by atoms with Crippen LogP contribution in [0.1, 0.15) is 28.8 Å². The summed E-state index contributed by atoms with van der Waals surface area (Å²) >= 11 is 0. The van der Waals surface area contributed by atoms with Crippen molar-refractivity contribution in [3.63, 3.8) is 0 Å². The molecule has 1 aliphatic carbocycles. The van der Waals surface area contributed by atoms with Crippen LogP contribution in [0.15, 0.2) is 18.2 Å². The number of aryl methyl sites for hydroxylation is 1. The Balaban J connectivity index is 2.21. The van der Waals surface area contributed by atoms with Gasteiger partial charge in [0.25, 0.3) is 0 Å². The minimum atomic E-state index is -0.869. The Labute approximate surface area is 82.8 Å². The Hall–Kier alpha value is -1.51. The molecule has 0 radical (unpaired) electrons. The number of nitrogens with one attached hydrogen (secondary N) is 1. The van der Waals surface area contributed by atoms with E-state index in [-0.39, 0.29) is 0 Å². The van der Waals surface area contributed by atoms with E-state index in [0.29, 0.717) is 11.6 Å². The summed E-state index contributed by atoms with van der Waals surface area (Å²) in [6, 6.07) is 5.79. The summed E-state index contributed by atoms with van der Waals surface area (Å²) in [6.07, 6.45) is 2.44. The van der Waals surface area contributed by atoms with Crippen LogP contribution < -0.4 is 5.32 Å². The molecule has 1 aromatic carbocycles. The highest BCUT2D eigenvalue weighted by Crippen LogP contribution is 2.26. The van der Waals surface area contributed by atoms with Gasteiger partial charge in [0, 0.05) is 11.7 Å². The van der Waals surface area contributed by atoms with Gasteiger partial charge in [-0.3, -0.25) is 0 Å². The van der Waals surface area contributed by atoms with Crippen molar-refractivity contribution >= 4 is 11.7 Å². The molecule has 0 amide bonds. The fourth-order valence-corrected chi connectivity index (χ4v) is 1.41. The number of carboxylic acids is 1. The van der Waals surface area contributed by atoms with Crippen molar-refractivity contribution in [2.75, 3.05) is 5.32 Å². The van der Waals surface area contributed by atoms with Crippen LogP contribution in [0.4, 0.5) is 5.69 Å². The zero-order chi connectivity index (χ0) is 10.1. The minimum absolute atomic E-state index is 0.351. The van der Waals surface area contributed by atoms with Crippen molar-refractivity contribution in [3.8, 4) is 0 Å². The molecule has 1 aromatic rings. The number of hydrogen-bond acceptors (Lipinski definition) is 2. The molecule has 3 heteroatoms. The molecule has 74 valence electrons. The van der Waals surface area contributed by atoms with E-state index in [0.717, 1.165) is 11.3 Å². The summed E-state index contributed by atoms with van der Waals surface area (Å²) in [5.74, 6) is -0.869. The van der Waals surface area contributed by atoms with Gasteiger partial charge >= 0.3 is 5.97 Å². The number of aromatic carboxylic acids is 1. The van der Waals surface area contributed by atoms with Gasteiger partial charge in [-0.2, -0.15) is 0 Å². The Bertz CT molecular complexity index is 370. The lowest BCUT2D eigenvalue weighted by Crippen LogP contribution is -2.04. The lowest BCUT2D eigenvalue weighted by atomic mass is 10.1. The summed E-state index contributed by atoms with van der Waals surface area (Å²) < 4.78 is 0. The molecule has 0 bridgehead atoms. The van der Waals surface area contributed by atoms with Gasteiger partial charge < -0.3 is 10.4 Å². The standard InChI is InChI=1S/C11H13NO2/c1-7-6-8(11(13)14)2-5-10(7)12-9-3-4-9/h2,5-6,9,12H,3-4H2,1H3,(H,13,14). The van der Waals surface area contributed by atoms with Crippen molar-refractivity contribution in [2.24, 2.45) is 0 Å². The Morgan fingerprint density at radius 3 is 2.71 bits per heavy atom. The third kappa shape index (κ3) is 1.87. The van der Waals surface area contributed by atoms with Crippen molar-refractivity contribution in [2.45, 2.75) is 25.8 Å². The maximum atomic E-state index is 10.7. The molecule has 2 N–H and O–H groups in total. The van der Waals surface area contributed by atoms with Crippen LogP contribution in [0.5, 0.6) is 0 Å². The van der Waals surface area contributed by atoms with E-state index in [1.165, 1.54) is 12.8 Å². The smallest absolute Gasteiger partial charge is 0.335 e. The SMILES string of the molecule is Cc1cc(C(=O)O)ccc1NC1CC1. The third-order valence-electron chi connectivity index (χ3n) is 2.41. The Morgan fingerprint density at radius 2 is 2.21 bits per heavy atom. The molecule has 0 aromatic heterocycles. The van der Waals surface area contributed by atoms with E-state index in [1.807, 2.05) is 13.0 Å². The van der Waals surface area contributed by atoms with Gasteiger partial charge in [-0.1, -0.05) is 0 Å². The van der Waals surface area contributed by atoms with Crippen molar-refractivity contribution in [1.82, 2.24) is 0 Å². The quantitative estimate of drug-likeness (QED) is 0.770. The van der Waals surface area contributed by atoms with E-state index in [1.54, 1.807) is 12.1 Å². The van der Waals surface area contributed by atoms with Crippen molar-refractivity contribution in [3.05, 3.63) is 29.3 Å². The fourth-order valence-electron chi connectivity index (χ4n) is 1.41. The molecule has 3 nitrogen and oxygen atoms in total. The summed E-state index contributed by atoms with van der Waals surface area (Å²) in [5, 5.41) is 12.1. The minimum Gasteiger partial charge on any atom is -0.478 e. The molecule has 1 saturated carbocycles. The van der Waals surface area contributed by atoms with Crippen LogP contribution in [0, 0.1) is 6.92 Å². The number of carbonyl (C=O) groups is 1. The van der Waals surface area contributed by atoms with Gasteiger partial charge in [-0.25, -0.2) is 4.79 Å².